The molecule has 0 aliphatic carbocycles. The minimum Gasteiger partial charge on any atom is -0.355 e. The van der Waals surface area contributed by atoms with E-state index in [1.807, 2.05) is 24.3 Å². The summed E-state index contributed by atoms with van der Waals surface area (Å²) in [7, 11) is 2.12. The van der Waals surface area contributed by atoms with E-state index in [2.05, 4.69) is 42.6 Å². The van der Waals surface area contributed by atoms with Crippen LogP contribution in [0.25, 0.3) is 32.6 Å². The van der Waals surface area contributed by atoms with Gasteiger partial charge in [0.1, 0.15) is 0 Å². The molecule has 31 heavy (non-hydrogen) atoms. The third-order valence-corrected chi connectivity index (χ3v) is 7.51. The Labute approximate surface area is 182 Å². The molecule has 2 fully saturated rings. The van der Waals surface area contributed by atoms with Crippen molar-refractivity contribution < 1.29 is 4.39 Å². The van der Waals surface area contributed by atoms with E-state index in [0.29, 0.717) is 23.7 Å². The molecule has 2 aliphatic rings. The predicted molar refractivity (Wildman–Crippen MR) is 120 cm³/mol. The van der Waals surface area contributed by atoms with Gasteiger partial charge >= 0.3 is 0 Å². The van der Waals surface area contributed by atoms with Crippen molar-refractivity contribution in [3.63, 3.8) is 0 Å². The Balaban J connectivity index is 1.31. The quantitative estimate of drug-likeness (QED) is 0.504. The van der Waals surface area contributed by atoms with Gasteiger partial charge in [0.05, 0.1) is 33.2 Å². The Morgan fingerprint density at radius 2 is 1.84 bits per heavy atom. The first kappa shape index (κ1) is 18.8. The maximum atomic E-state index is 14.0. The molecule has 2 aliphatic heterocycles. The molecule has 0 saturated carbocycles. The molecule has 158 valence electrons. The number of rotatable bonds is 4. The van der Waals surface area contributed by atoms with Crippen LogP contribution in [0.3, 0.4) is 0 Å². The summed E-state index contributed by atoms with van der Waals surface area (Å²) in [6, 6.07) is 9.66. The van der Waals surface area contributed by atoms with E-state index < -0.39 is 5.95 Å². The molecular formula is C22H22FN7S. The number of aromatic amines is 1. The molecule has 3 aromatic heterocycles. The smallest absolute Gasteiger partial charge is 0.216 e. The first-order chi connectivity index (χ1) is 15.2. The Morgan fingerprint density at radius 3 is 2.55 bits per heavy atom. The van der Waals surface area contributed by atoms with Crippen LogP contribution in [-0.2, 0) is 0 Å². The summed E-state index contributed by atoms with van der Waals surface area (Å²) in [5, 5.41) is 18.9. The second-order valence-corrected chi connectivity index (χ2v) is 9.29. The Bertz CT molecular complexity index is 1220. The number of thiazole rings is 1. The lowest BCUT2D eigenvalue weighted by atomic mass is 9.98. The summed E-state index contributed by atoms with van der Waals surface area (Å²) >= 11 is 1.52. The molecule has 1 aromatic carbocycles. The highest BCUT2D eigenvalue weighted by Gasteiger charge is 2.35. The summed E-state index contributed by atoms with van der Waals surface area (Å²) in [5.74, 6) is 0.438. The molecule has 0 radical (unpaired) electrons. The van der Waals surface area contributed by atoms with Gasteiger partial charge in [-0.15, -0.1) is 21.5 Å². The topological polar surface area (TPSA) is 82.6 Å². The average molecular weight is 436 g/mol. The standard InChI is InChI=1S/C22H22FN7S/c1-30(14-8-12-2-3-13(9-14)26-12)19-7-6-18(27-28-19)16-5-4-15(17-10-25-29-22(17)23)20-21(16)31-11-24-20/h4-7,10-14,26H,2-3,8-9H2,1H3,(H,25,29)/t12-,13+,14?. The second kappa shape index (κ2) is 7.35. The third kappa shape index (κ3) is 3.19. The number of piperidine rings is 1. The SMILES string of the molecule is CN(c1ccc(-c2ccc(-c3cn[nH]c3F)c3ncsc23)nn1)C1C[C@H]2CC[C@@H](C1)N2. The van der Waals surface area contributed by atoms with E-state index in [0.717, 1.165) is 45.7 Å². The van der Waals surface area contributed by atoms with Crippen molar-refractivity contribution in [2.24, 2.45) is 0 Å². The van der Waals surface area contributed by atoms with Crippen LogP contribution in [-0.4, -0.2) is 50.6 Å². The van der Waals surface area contributed by atoms with Crippen LogP contribution < -0.4 is 10.2 Å². The van der Waals surface area contributed by atoms with Gasteiger partial charge in [0.25, 0.3) is 0 Å². The van der Waals surface area contributed by atoms with Crippen LogP contribution in [0.5, 0.6) is 0 Å². The number of H-pyrrole nitrogens is 1. The molecule has 1 unspecified atom stereocenters. The summed E-state index contributed by atoms with van der Waals surface area (Å²) in [5.41, 5.74) is 5.40. The fraction of sp³-hybridized carbons (Fsp3) is 0.364. The molecule has 9 heteroatoms. The lowest BCUT2D eigenvalue weighted by Gasteiger charge is -2.36. The largest absolute Gasteiger partial charge is 0.355 e. The minimum atomic E-state index is -0.458. The van der Waals surface area contributed by atoms with Gasteiger partial charge in [0.15, 0.2) is 5.82 Å². The zero-order valence-electron chi connectivity index (χ0n) is 17.0. The molecule has 6 rings (SSSR count). The van der Waals surface area contributed by atoms with Crippen LogP contribution in [0.15, 0.2) is 36.0 Å². The summed E-state index contributed by atoms with van der Waals surface area (Å²) in [6.07, 6.45) is 6.36. The van der Waals surface area contributed by atoms with E-state index in [1.165, 1.54) is 30.4 Å². The Morgan fingerprint density at radius 1 is 1.03 bits per heavy atom. The fourth-order valence-corrected chi connectivity index (χ4v) is 5.85. The molecule has 0 spiro atoms. The van der Waals surface area contributed by atoms with Gasteiger partial charge in [-0.05, 0) is 37.8 Å². The number of fused-ring (bicyclic) bond motifs is 3. The number of aromatic nitrogens is 5. The predicted octanol–water partition coefficient (Wildman–Crippen LogP) is 4.00. The first-order valence-corrected chi connectivity index (χ1v) is 11.4. The summed E-state index contributed by atoms with van der Waals surface area (Å²) < 4.78 is 15.0. The van der Waals surface area contributed by atoms with Crippen LogP contribution in [0, 0.1) is 5.95 Å². The average Bonchev–Trinajstić information content (AvgIpc) is 3.53. The Hall–Kier alpha value is -2.91. The number of anilines is 1. The molecule has 3 atom stereocenters. The molecule has 2 bridgehead atoms. The highest BCUT2D eigenvalue weighted by molar-refractivity contribution is 7.17. The molecule has 4 aromatic rings. The Kier molecular flexibility index (Phi) is 4.46. The maximum absolute atomic E-state index is 14.0. The first-order valence-electron chi connectivity index (χ1n) is 10.6. The lowest BCUT2D eigenvalue weighted by molar-refractivity contribution is 0.353. The van der Waals surface area contributed by atoms with Crippen molar-refractivity contribution >= 4 is 27.4 Å². The van der Waals surface area contributed by atoms with Crippen molar-refractivity contribution in [1.82, 2.24) is 30.7 Å². The molecule has 0 amide bonds. The van der Waals surface area contributed by atoms with Gasteiger partial charge in [-0.1, -0.05) is 12.1 Å². The molecular weight excluding hydrogens is 413 g/mol. The van der Waals surface area contributed by atoms with Crippen LogP contribution >= 0.6 is 11.3 Å². The molecule has 2 saturated heterocycles. The van der Waals surface area contributed by atoms with E-state index in [4.69, 9.17) is 0 Å². The number of halogens is 1. The van der Waals surface area contributed by atoms with Gasteiger partial charge in [0.2, 0.25) is 5.95 Å². The van der Waals surface area contributed by atoms with Gasteiger partial charge < -0.3 is 10.2 Å². The van der Waals surface area contributed by atoms with Gasteiger partial charge in [-0.25, -0.2) is 4.98 Å². The van der Waals surface area contributed by atoms with Crippen LogP contribution in [0.1, 0.15) is 25.7 Å². The number of nitrogens with zero attached hydrogens (tertiary/aromatic N) is 5. The lowest BCUT2D eigenvalue weighted by Crippen LogP contribution is -2.47. The molecule has 5 heterocycles. The monoisotopic (exact) mass is 435 g/mol. The molecule has 7 nitrogen and oxygen atoms in total. The van der Waals surface area contributed by atoms with Crippen LogP contribution in [0.4, 0.5) is 10.2 Å². The van der Waals surface area contributed by atoms with Crippen molar-refractivity contribution in [2.45, 2.75) is 43.8 Å². The third-order valence-electron chi connectivity index (χ3n) is 6.65. The van der Waals surface area contributed by atoms with E-state index in [1.54, 1.807) is 5.51 Å². The van der Waals surface area contributed by atoms with Crippen molar-refractivity contribution in [1.29, 1.82) is 0 Å². The van der Waals surface area contributed by atoms with Gasteiger partial charge in [-0.2, -0.15) is 9.49 Å². The zero-order chi connectivity index (χ0) is 20.9. The van der Waals surface area contributed by atoms with Gasteiger partial charge in [-0.3, -0.25) is 5.10 Å². The van der Waals surface area contributed by atoms with Crippen LogP contribution in [0.2, 0.25) is 0 Å². The van der Waals surface area contributed by atoms with E-state index in [-0.39, 0.29) is 0 Å². The summed E-state index contributed by atoms with van der Waals surface area (Å²) in [6.45, 7) is 0. The fourth-order valence-electron chi connectivity index (χ4n) is 5.02. The zero-order valence-corrected chi connectivity index (χ0v) is 17.9. The number of nitrogens with one attached hydrogen (secondary N) is 2. The highest BCUT2D eigenvalue weighted by atomic mass is 32.1. The van der Waals surface area contributed by atoms with E-state index >= 15 is 0 Å². The number of hydrogen-bond acceptors (Lipinski definition) is 7. The normalized spacial score (nSPS) is 22.8. The maximum Gasteiger partial charge on any atom is 0.216 e. The van der Waals surface area contributed by atoms with Gasteiger partial charge in [0, 0.05) is 36.3 Å². The second-order valence-electron chi connectivity index (χ2n) is 8.44. The minimum absolute atomic E-state index is 0.418. The van der Waals surface area contributed by atoms with Crippen molar-refractivity contribution in [2.75, 3.05) is 11.9 Å². The summed E-state index contributed by atoms with van der Waals surface area (Å²) in [4.78, 5) is 6.75. The van der Waals surface area contributed by atoms with Crippen molar-refractivity contribution in [3.05, 3.63) is 41.9 Å². The van der Waals surface area contributed by atoms with Crippen molar-refractivity contribution in [3.8, 4) is 22.4 Å². The molecule has 2 N–H and O–H groups in total. The highest BCUT2D eigenvalue weighted by Crippen LogP contribution is 2.37. The number of benzene rings is 1. The number of hydrogen-bond donors (Lipinski definition) is 2. The van der Waals surface area contributed by atoms with E-state index in [9.17, 15) is 4.39 Å².